The minimum atomic E-state index is -0.128. The number of nitrogens with zero attached hydrogens (tertiary/aromatic N) is 2. The first-order valence-electron chi connectivity index (χ1n) is 6.35. The Balaban J connectivity index is 0.00000147. The van der Waals surface area contributed by atoms with Crippen LogP contribution < -0.4 is 10.6 Å². The molecule has 3 rings (SSSR count). The average molecular weight is 293 g/mol. The fourth-order valence-electron chi connectivity index (χ4n) is 2.30. The minimum absolute atomic E-state index is 0. The topological polar surface area (TPSA) is 59.0 Å². The number of hydrogen-bond acceptors (Lipinski definition) is 3. The van der Waals surface area contributed by atoms with Crippen molar-refractivity contribution in [1.29, 1.82) is 0 Å². The number of amides is 1. The number of benzene rings is 1. The van der Waals surface area contributed by atoms with E-state index in [1.54, 1.807) is 24.1 Å². The summed E-state index contributed by atoms with van der Waals surface area (Å²) in [5.41, 5.74) is 4.02. The number of carbonyl (C=O) groups excluding carboxylic acids is 1. The Hall–Kier alpha value is -1.85. The Bertz CT molecular complexity index is 623. The van der Waals surface area contributed by atoms with Crippen LogP contribution in [0.25, 0.3) is 0 Å². The van der Waals surface area contributed by atoms with Crippen LogP contribution in [0.2, 0.25) is 0 Å². The highest BCUT2D eigenvalue weighted by Gasteiger charge is 2.11. The molecule has 2 heterocycles. The van der Waals surface area contributed by atoms with Gasteiger partial charge in [-0.1, -0.05) is 6.07 Å². The first-order valence-corrected chi connectivity index (χ1v) is 6.35. The summed E-state index contributed by atoms with van der Waals surface area (Å²) in [5, 5.41) is 10.2. The number of anilines is 1. The van der Waals surface area contributed by atoms with E-state index in [1.807, 2.05) is 12.1 Å². The van der Waals surface area contributed by atoms with Crippen molar-refractivity contribution in [2.24, 2.45) is 7.05 Å². The number of aromatic nitrogens is 2. The zero-order valence-electron chi connectivity index (χ0n) is 11.2. The van der Waals surface area contributed by atoms with Crippen LogP contribution in [0.5, 0.6) is 0 Å². The van der Waals surface area contributed by atoms with Gasteiger partial charge in [-0.15, -0.1) is 12.4 Å². The first kappa shape index (κ1) is 14.6. The molecule has 0 bridgehead atoms. The maximum Gasteiger partial charge on any atom is 0.258 e. The number of halogens is 1. The van der Waals surface area contributed by atoms with E-state index in [4.69, 9.17) is 0 Å². The van der Waals surface area contributed by atoms with E-state index in [9.17, 15) is 4.79 Å². The summed E-state index contributed by atoms with van der Waals surface area (Å²) in [7, 11) is 1.79. The maximum atomic E-state index is 12.0. The Morgan fingerprint density at radius 2 is 2.25 bits per heavy atom. The lowest BCUT2D eigenvalue weighted by Crippen LogP contribution is -2.23. The number of rotatable bonds is 2. The summed E-state index contributed by atoms with van der Waals surface area (Å²) in [5.74, 6) is -0.128. The van der Waals surface area contributed by atoms with Gasteiger partial charge in [-0.3, -0.25) is 9.48 Å². The van der Waals surface area contributed by atoms with Crippen molar-refractivity contribution >= 4 is 24.0 Å². The van der Waals surface area contributed by atoms with Crippen LogP contribution >= 0.6 is 12.4 Å². The highest BCUT2D eigenvalue weighted by atomic mass is 35.5. The van der Waals surface area contributed by atoms with Crippen molar-refractivity contribution in [1.82, 2.24) is 15.1 Å². The molecule has 0 unspecified atom stereocenters. The molecule has 1 aromatic heterocycles. The predicted molar refractivity (Wildman–Crippen MR) is 80.3 cm³/mol. The molecule has 1 aliphatic rings. The van der Waals surface area contributed by atoms with E-state index in [1.165, 1.54) is 11.1 Å². The second kappa shape index (κ2) is 6.07. The van der Waals surface area contributed by atoms with Gasteiger partial charge in [-0.2, -0.15) is 5.10 Å². The van der Waals surface area contributed by atoms with Crippen molar-refractivity contribution in [2.45, 2.75) is 13.0 Å². The van der Waals surface area contributed by atoms with Crippen LogP contribution in [0.15, 0.2) is 30.6 Å². The molecule has 2 N–H and O–H groups in total. The van der Waals surface area contributed by atoms with Crippen LogP contribution in [-0.4, -0.2) is 22.2 Å². The van der Waals surface area contributed by atoms with Crippen LogP contribution in [-0.2, 0) is 20.0 Å². The fraction of sp³-hybridized carbons (Fsp3) is 0.286. The van der Waals surface area contributed by atoms with Gasteiger partial charge < -0.3 is 10.6 Å². The van der Waals surface area contributed by atoms with E-state index in [0.717, 1.165) is 25.2 Å². The highest BCUT2D eigenvalue weighted by Crippen LogP contribution is 2.19. The van der Waals surface area contributed by atoms with Crippen LogP contribution in [0.3, 0.4) is 0 Å². The number of fused-ring (bicyclic) bond motifs is 1. The number of hydrogen-bond donors (Lipinski definition) is 2. The molecule has 2 aromatic rings. The maximum absolute atomic E-state index is 12.0. The average Bonchev–Trinajstić information content (AvgIpc) is 2.85. The smallest absolute Gasteiger partial charge is 0.258 e. The molecule has 0 saturated carbocycles. The zero-order chi connectivity index (χ0) is 13.2. The van der Waals surface area contributed by atoms with Gasteiger partial charge in [0.15, 0.2) is 0 Å². The molecule has 0 aliphatic carbocycles. The third kappa shape index (κ3) is 3.00. The molecule has 0 spiro atoms. The third-order valence-electron chi connectivity index (χ3n) is 3.32. The Morgan fingerprint density at radius 1 is 1.40 bits per heavy atom. The molecule has 0 atom stereocenters. The summed E-state index contributed by atoms with van der Waals surface area (Å²) in [6, 6.07) is 6.09. The van der Waals surface area contributed by atoms with Gasteiger partial charge in [0.1, 0.15) is 0 Å². The fourth-order valence-corrected chi connectivity index (χ4v) is 2.30. The lowest BCUT2D eigenvalue weighted by atomic mass is 10.0. The second-order valence-electron chi connectivity index (χ2n) is 4.77. The SMILES string of the molecule is Cl.Cn1cc(C(=O)Nc2ccc3c(c2)CNCC3)cn1. The number of aryl methyl sites for hydroxylation is 1. The molecular weight excluding hydrogens is 276 g/mol. The van der Waals surface area contributed by atoms with E-state index in [2.05, 4.69) is 21.8 Å². The number of nitrogens with one attached hydrogen (secondary N) is 2. The lowest BCUT2D eigenvalue weighted by Gasteiger charge is -2.18. The molecule has 1 aromatic carbocycles. The molecule has 1 aliphatic heterocycles. The van der Waals surface area contributed by atoms with E-state index in [0.29, 0.717) is 5.56 Å². The molecule has 0 saturated heterocycles. The standard InChI is InChI=1S/C14H16N4O.ClH/c1-18-9-12(8-16-18)14(19)17-13-3-2-10-4-5-15-7-11(10)6-13;/h2-3,6,8-9,15H,4-5,7H2,1H3,(H,17,19);1H. The van der Waals surface area contributed by atoms with Gasteiger partial charge in [0.05, 0.1) is 11.8 Å². The van der Waals surface area contributed by atoms with Gasteiger partial charge in [-0.05, 0) is 36.2 Å². The molecular formula is C14H17ClN4O. The zero-order valence-corrected chi connectivity index (χ0v) is 12.0. The van der Waals surface area contributed by atoms with Gasteiger partial charge in [-0.25, -0.2) is 0 Å². The van der Waals surface area contributed by atoms with Crippen molar-refractivity contribution in [3.8, 4) is 0 Å². The van der Waals surface area contributed by atoms with Gasteiger partial charge >= 0.3 is 0 Å². The highest BCUT2D eigenvalue weighted by molar-refractivity contribution is 6.03. The summed E-state index contributed by atoms with van der Waals surface area (Å²) in [4.78, 5) is 12.0. The van der Waals surface area contributed by atoms with Crippen molar-refractivity contribution in [2.75, 3.05) is 11.9 Å². The molecule has 106 valence electrons. The molecule has 5 nitrogen and oxygen atoms in total. The Morgan fingerprint density at radius 3 is 3.00 bits per heavy atom. The first-order chi connectivity index (χ1) is 9.22. The van der Waals surface area contributed by atoms with Crippen molar-refractivity contribution in [3.05, 3.63) is 47.3 Å². The van der Waals surface area contributed by atoms with Crippen LogP contribution in [0, 0.1) is 0 Å². The summed E-state index contributed by atoms with van der Waals surface area (Å²) >= 11 is 0. The molecule has 0 fully saturated rings. The predicted octanol–water partition coefficient (Wildman–Crippen LogP) is 1.74. The third-order valence-corrected chi connectivity index (χ3v) is 3.32. The van der Waals surface area contributed by atoms with Gasteiger partial charge in [0.2, 0.25) is 0 Å². The van der Waals surface area contributed by atoms with E-state index < -0.39 is 0 Å². The van der Waals surface area contributed by atoms with Gasteiger partial charge in [0.25, 0.3) is 5.91 Å². The van der Waals surface area contributed by atoms with Crippen molar-refractivity contribution in [3.63, 3.8) is 0 Å². The summed E-state index contributed by atoms with van der Waals surface area (Å²) in [6.45, 7) is 1.89. The summed E-state index contributed by atoms with van der Waals surface area (Å²) in [6.07, 6.45) is 4.32. The largest absolute Gasteiger partial charge is 0.322 e. The normalized spacial score (nSPS) is 13.2. The molecule has 0 radical (unpaired) electrons. The van der Waals surface area contributed by atoms with Crippen LogP contribution in [0.1, 0.15) is 21.5 Å². The summed E-state index contributed by atoms with van der Waals surface area (Å²) < 4.78 is 1.62. The number of carbonyl (C=O) groups is 1. The quantitative estimate of drug-likeness (QED) is 0.886. The van der Waals surface area contributed by atoms with Crippen molar-refractivity contribution < 1.29 is 4.79 Å². The lowest BCUT2D eigenvalue weighted by molar-refractivity contribution is 0.102. The Labute approximate surface area is 123 Å². The monoisotopic (exact) mass is 292 g/mol. The van der Waals surface area contributed by atoms with Crippen LogP contribution in [0.4, 0.5) is 5.69 Å². The second-order valence-corrected chi connectivity index (χ2v) is 4.77. The Kier molecular flexibility index (Phi) is 4.42. The molecule has 20 heavy (non-hydrogen) atoms. The van der Waals surface area contributed by atoms with E-state index in [-0.39, 0.29) is 18.3 Å². The molecule has 6 heteroatoms. The van der Waals surface area contributed by atoms with Gasteiger partial charge in [0, 0.05) is 25.5 Å². The van der Waals surface area contributed by atoms with E-state index >= 15 is 0 Å². The minimum Gasteiger partial charge on any atom is -0.322 e. The molecule has 1 amide bonds.